The topological polar surface area (TPSA) is 60.9 Å². The Labute approximate surface area is 158 Å². The minimum atomic E-state index is -0.187. The van der Waals surface area contributed by atoms with Crippen LogP contribution in [0.15, 0.2) is 24.3 Å². The van der Waals surface area contributed by atoms with Gasteiger partial charge >= 0.3 is 0 Å². The number of benzene rings is 1. The fraction of sp³-hybridized carbons (Fsp3) is 0.526. The lowest BCUT2D eigenvalue weighted by atomic mass is 10.2. The Kier molecular flexibility index (Phi) is 5.81. The molecule has 140 valence electrons. The van der Waals surface area contributed by atoms with Crippen LogP contribution in [0, 0.1) is 5.92 Å². The lowest BCUT2D eigenvalue weighted by Gasteiger charge is -2.25. The monoisotopic (exact) mass is 377 g/mol. The zero-order valence-electron chi connectivity index (χ0n) is 15.0. The van der Waals surface area contributed by atoms with Gasteiger partial charge in [0.1, 0.15) is 13.2 Å². The largest absolute Gasteiger partial charge is 0.333 e. The number of carbonyl (C=O) groups is 3. The van der Waals surface area contributed by atoms with Crippen LogP contribution in [0.3, 0.4) is 0 Å². The number of hydrogen-bond acceptors (Lipinski definition) is 3. The van der Waals surface area contributed by atoms with Crippen LogP contribution in [-0.4, -0.2) is 53.8 Å². The van der Waals surface area contributed by atoms with Crippen LogP contribution < -0.4 is 4.90 Å². The molecular weight excluding hydrogens is 354 g/mol. The van der Waals surface area contributed by atoms with Gasteiger partial charge in [0.25, 0.3) is 0 Å². The van der Waals surface area contributed by atoms with Crippen molar-refractivity contribution >= 4 is 35.0 Å². The zero-order chi connectivity index (χ0) is 18.7. The Bertz CT molecular complexity index is 705. The predicted molar refractivity (Wildman–Crippen MR) is 99.7 cm³/mol. The van der Waals surface area contributed by atoms with Gasteiger partial charge in [0.2, 0.25) is 17.7 Å². The number of halogens is 1. The van der Waals surface area contributed by atoms with E-state index >= 15 is 0 Å². The summed E-state index contributed by atoms with van der Waals surface area (Å²) in [6.45, 7) is 2.93. The van der Waals surface area contributed by atoms with E-state index in [0.29, 0.717) is 17.3 Å². The Morgan fingerprint density at radius 1 is 1.31 bits per heavy atom. The molecule has 2 fully saturated rings. The molecular formula is C19H24ClN3O3. The van der Waals surface area contributed by atoms with E-state index in [9.17, 15) is 14.4 Å². The lowest BCUT2D eigenvalue weighted by Crippen LogP contribution is -2.43. The average molecular weight is 378 g/mol. The van der Waals surface area contributed by atoms with Gasteiger partial charge in [-0.25, -0.2) is 0 Å². The van der Waals surface area contributed by atoms with Crippen LogP contribution in [0.1, 0.15) is 32.6 Å². The molecule has 0 atom stereocenters. The van der Waals surface area contributed by atoms with Gasteiger partial charge in [-0.1, -0.05) is 31.0 Å². The van der Waals surface area contributed by atoms with E-state index < -0.39 is 0 Å². The summed E-state index contributed by atoms with van der Waals surface area (Å²) in [5.41, 5.74) is 0.676. The van der Waals surface area contributed by atoms with Crippen LogP contribution in [0.25, 0.3) is 0 Å². The molecule has 0 aromatic heterocycles. The Balaban J connectivity index is 1.63. The third-order valence-corrected chi connectivity index (χ3v) is 4.99. The van der Waals surface area contributed by atoms with Crippen LogP contribution in [0.4, 0.5) is 5.69 Å². The first-order valence-corrected chi connectivity index (χ1v) is 9.50. The van der Waals surface area contributed by atoms with Crippen molar-refractivity contribution in [3.8, 4) is 0 Å². The Hall–Kier alpha value is -2.08. The molecule has 1 aromatic rings. The second-order valence-corrected chi connectivity index (χ2v) is 7.36. The van der Waals surface area contributed by atoms with Gasteiger partial charge in [-0.3, -0.25) is 19.3 Å². The summed E-state index contributed by atoms with van der Waals surface area (Å²) >= 11 is 5.99. The smallest absolute Gasteiger partial charge is 0.248 e. The van der Waals surface area contributed by atoms with Gasteiger partial charge in [0.15, 0.2) is 0 Å². The normalized spacial score (nSPS) is 16.9. The summed E-state index contributed by atoms with van der Waals surface area (Å²) < 4.78 is 0. The highest BCUT2D eigenvalue weighted by Crippen LogP contribution is 2.31. The first kappa shape index (κ1) is 18.7. The zero-order valence-corrected chi connectivity index (χ0v) is 15.7. The van der Waals surface area contributed by atoms with E-state index in [0.717, 1.165) is 25.7 Å². The van der Waals surface area contributed by atoms with Crippen molar-refractivity contribution in [3.05, 3.63) is 29.3 Å². The minimum Gasteiger partial charge on any atom is -0.333 e. The number of nitrogens with zero attached hydrogens (tertiary/aromatic N) is 3. The molecule has 3 rings (SSSR count). The number of rotatable bonds is 7. The molecule has 1 heterocycles. The molecule has 0 bridgehead atoms. The molecule has 1 aliphatic heterocycles. The first-order valence-electron chi connectivity index (χ1n) is 9.12. The quantitative estimate of drug-likeness (QED) is 0.733. The van der Waals surface area contributed by atoms with Gasteiger partial charge in [0, 0.05) is 23.2 Å². The number of hydrogen-bond donors (Lipinski definition) is 0. The fourth-order valence-electron chi connectivity index (χ4n) is 3.05. The highest BCUT2D eigenvalue weighted by Gasteiger charge is 2.36. The second-order valence-electron chi connectivity index (χ2n) is 6.92. The number of unbranched alkanes of at least 4 members (excludes halogenated alkanes) is 1. The van der Waals surface area contributed by atoms with Gasteiger partial charge in [-0.15, -0.1) is 0 Å². The van der Waals surface area contributed by atoms with Gasteiger partial charge in [0.05, 0.1) is 6.54 Å². The van der Waals surface area contributed by atoms with Crippen LogP contribution in [0.5, 0.6) is 0 Å². The van der Waals surface area contributed by atoms with Crippen molar-refractivity contribution in [3.63, 3.8) is 0 Å². The summed E-state index contributed by atoms with van der Waals surface area (Å²) in [5.74, 6) is -0.172. The van der Waals surface area contributed by atoms with Crippen molar-refractivity contribution in [2.75, 3.05) is 31.2 Å². The fourth-order valence-corrected chi connectivity index (χ4v) is 3.24. The molecule has 0 unspecified atom stereocenters. The average Bonchev–Trinajstić information content (AvgIpc) is 3.39. The van der Waals surface area contributed by atoms with E-state index in [2.05, 4.69) is 6.92 Å². The molecule has 0 spiro atoms. The van der Waals surface area contributed by atoms with Crippen LogP contribution in [-0.2, 0) is 14.4 Å². The third kappa shape index (κ3) is 4.36. The van der Waals surface area contributed by atoms with Gasteiger partial charge in [-0.05, 0) is 37.5 Å². The van der Waals surface area contributed by atoms with E-state index in [-0.39, 0.29) is 43.4 Å². The molecule has 1 saturated heterocycles. The van der Waals surface area contributed by atoms with Crippen molar-refractivity contribution in [1.82, 2.24) is 9.80 Å². The molecule has 1 aromatic carbocycles. The number of anilines is 1. The predicted octanol–water partition coefficient (Wildman–Crippen LogP) is 2.51. The summed E-state index contributed by atoms with van der Waals surface area (Å²) in [7, 11) is 0. The highest BCUT2D eigenvalue weighted by molar-refractivity contribution is 6.31. The van der Waals surface area contributed by atoms with Crippen molar-refractivity contribution < 1.29 is 14.4 Å². The standard InChI is InChI=1S/C19H24ClN3O3/c1-2-3-9-21(19(26)14-7-8-14)11-17(24)22-12-18(25)23(13-22)16-6-4-5-15(20)10-16/h4-6,10,14H,2-3,7-9,11-13H2,1H3. The minimum absolute atomic E-state index is 0.0323. The molecule has 2 aliphatic rings. The van der Waals surface area contributed by atoms with Crippen molar-refractivity contribution in [2.24, 2.45) is 5.92 Å². The lowest BCUT2D eigenvalue weighted by molar-refractivity contribution is -0.141. The Morgan fingerprint density at radius 2 is 2.08 bits per heavy atom. The first-order chi connectivity index (χ1) is 12.5. The van der Waals surface area contributed by atoms with E-state index in [1.165, 1.54) is 4.90 Å². The maximum Gasteiger partial charge on any atom is 0.248 e. The molecule has 1 aliphatic carbocycles. The molecule has 0 N–H and O–H groups in total. The van der Waals surface area contributed by atoms with Crippen molar-refractivity contribution in [2.45, 2.75) is 32.6 Å². The molecule has 6 nitrogen and oxygen atoms in total. The maximum absolute atomic E-state index is 12.7. The number of carbonyl (C=O) groups excluding carboxylic acids is 3. The molecule has 26 heavy (non-hydrogen) atoms. The molecule has 1 saturated carbocycles. The second kappa shape index (κ2) is 8.08. The molecule has 3 amide bonds. The highest BCUT2D eigenvalue weighted by atomic mass is 35.5. The van der Waals surface area contributed by atoms with Crippen molar-refractivity contribution in [1.29, 1.82) is 0 Å². The SMILES string of the molecule is CCCCN(CC(=O)N1CC(=O)N(c2cccc(Cl)c2)C1)C(=O)C1CC1. The van der Waals surface area contributed by atoms with Crippen LogP contribution >= 0.6 is 11.6 Å². The van der Waals surface area contributed by atoms with Crippen LogP contribution in [0.2, 0.25) is 5.02 Å². The maximum atomic E-state index is 12.7. The summed E-state index contributed by atoms with van der Waals surface area (Å²) in [6.07, 6.45) is 3.67. The summed E-state index contributed by atoms with van der Waals surface area (Å²) in [6, 6.07) is 7.01. The molecule has 0 radical (unpaired) electrons. The summed E-state index contributed by atoms with van der Waals surface area (Å²) in [4.78, 5) is 42.1. The van der Waals surface area contributed by atoms with E-state index in [1.54, 1.807) is 34.1 Å². The third-order valence-electron chi connectivity index (χ3n) is 4.76. The summed E-state index contributed by atoms with van der Waals surface area (Å²) in [5, 5.41) is 0.542. The Morgan fingerprint density at radius 3 is 2.73 bits per heavy atom. The molecule has 7 heteroatoms. The van der Waals surface area contributed by atoms with E-state index in [4.69, 9.17) is 11.6 Å². The number of amides is 3. The van der Waals surface area contributed by atoms with E-state index in [1.807, 2.05) is 0 Å². The van der Waals surface area contributed by atoms with Gasteiger partial charge < -0.3 is 9.80 Å². The van der Waals surface area contributed by atoms with Gasteiger partial charge in [-0.2, -0.15) is 0 Å².